The molecular weight excluding hydrogens is 314 g/mol. The molecule has 1 rings (SSSR count). The van der Waals surface area contributed by atoms with E-state index >= 15 is 0 Å². The molecule has 1 unspecified atom stereocenters. The smallest absolute Gasteiger partial charge is 0.183 e. The molecule has 0 amide bonds. The van der Waals surface area contributed by atoms with E-state index in [0.717, 1.165) is 14.9 Å². The first-order valence-corrected chi connectivity index (χ1v) is 5.88. The van der Waals surface area contributed by atoms with E-state index in [2.05, 4.69) is 44.1 Å². The van der Waals surface area contributed by atoms with Crippen LogP contribution in [0.15, 0.2) is 19.6 Å². The van der Waals surface area contributed by atoms with Crippen molar-refractivity contribution in [3.63, 3.8) is 0 Å². The third-order valence-electron chi connectivity index (χ3n) is 1.74. The molecule has 1 heterocycles. The highest BCUT2D eigenvalue weighted by Crippen LogP contribution is 2.26. The van der Waals surface area contributed by atoms with E-state index < -0.39 is 0 Å². The fourth-order valence-corrected chi connectivity index (χ4v) is 1.72. The predicted octanol–water partition coefficient (Wildman–Crippen LogP) is 2.93. The molecule has 0 radical (unpaired) electrons. The second-order valence-electron chi connectivity index (χ2n) is 3.07. The summed E-state index contributed by atoms with van der Waals surface area (Å²) >= 11 is 6.65. The van der Waals surface area contributed by atoms with Crippen LogP contribution in [0.2, 0.25) is 0 Å². The topological polar surface area (TPSA) is 34.4 Å². The Labute approximate surface area is 100 Å². The Morgan fingerprint density at radius 3 is 2.79 bits per heavy atom. The molecular formula is C9H13Br2NO2. The van der Waals surface area contributed by atoms with E-state index in [0.29, 0.717) is 19.2 Å². The summed E-state index contributed by atoms with van der Waals surface area (Å²) in [6, 6.07) is 2.26. The molecule has 0 aliphatic carbocycles. The van der Waals surface area contributed by atoms with Gasteiger partial charge in [0, 0.05) is 13.2 Å². The first kappa shape index (κ1) is 12.2. The van der Waals surface area contributed by atoms with Crippen molar-refractivity contribution in [2.45, 2.75) is 19.5 Å². The van der Waals surface area contributed by atoms with Gasteiger partial charge in [0.15, 0.2) is 4.67 Å². The molecule has 3 nitrogen and oxygen atoms in total. The van der Waals surface area contributed by atoms with Crippen molar-refractivity contribution in [1.29, 1.82) is 0 Å². The van der Waals surface area contributed by atoms with Crippen molar-refractivity contribution in [2.75, 3.05) is 13.7 Å². The summed E-state index contributed by atoms with van der Waals surface area (Å²) in [4.78, 5) is 0. The van der Waals surface area contributed by atoms with Gasteiger partial charge in [0.25, 0.3) is 0 Å². The van der Waals surface area contributed by atoms with Crippen molar-refractivity contribution >= 4 is 31.9 Å². The van der Waals surface area contributed by atoms with Crippen molar-refractivity contribution in [1.82, 2.24) is 5.32 Å². The molecule has 80 valence electrons. The molecule has 5 heteroatoms. The van der Waals surface area contributed by atoms with Crippen LogP contribution in [-0.4, -0.2) is 19.8 Å². The van der Waals surface area contributed by atoms with Crippen LogP contribution in [0.4, 0.5) is 0 Å². The van der Waals surface area contributed by atoms with Gasteiger partial charge in [-0.2, -0.15) is 0 Å². The molecule has 0 fully saturated rings. The molecule has 0 saturated heterocycles. The lowest BCUT2D eigenvalue weighted by molar-refractivity contribution is 0.170. The van der Waals surface area contributed by atoms with E-state index in [9.17, 15) is 0 Å². The monoisotopic (exact) mass is 325 g/mol. The lowest BCUT2D eigenvalue weighted by Gasteiger charge is -2.10. The maximum absolute atomic E-state index is 5.41. The predicted molar refractivity (Wildman–Crippen MR) is 62.3 cm³/mol. The summed E-state index contributed by atoms with van der Waals surface area (Å²) in [6.45, 7) is 3.47. The number of hydrogen-bond acceptors (Lipinski definition) is 3. The van der Waals surface area contributed by atoms with Gasteiger partial charge in [0.1, 0.15) is 5.76 Å². The summed E-state index contributed by atoms with van der Waals surface area (Å²) in [7, 11) is 1.69. The fourth-order valence-electron chi connectivity index (χ4n) is 1.06. The summed E-state index contributed by atoms with van der Waals surface area (Å²) < 4.78 is 12.1. The molecule has 0 spiro atoms. The van der Waals surface area contributed by atoms with E-state index in [4.69, 9.17) is 9.15 Å². The number of hydrogen-bond donors (Lipinski definition) is 1. The highest BCUT2D eigenvalue weighted by atomic mass is 79.9. The van der Waals surface area contributed by atoms with Gasteiger partial charge in [-0.15, -0.1) is 0 Å². The Morgan fingerprint density at radius 1 is 1.57 bits per heavy atom. The van der Waals surface area contributed by atoms with Crippen molar-refractivity contribution < 1.29 is 9.15 Å². The third-order valence-corrected chi connectivity index (χ3v) is 3.45. The Bertz CT molecular complexity index is 269. The molecule has 1 atom stereocenters. The number of methoxy groups -OCH3 is 1. The summed E-state index contributed by atoms with van der Waals surface area (Å²) in [6.07, 6.45) is 0. The van der Waals surface area contributed by atoms with Crippen LogP contribution in [0, 0.1) is 0 Å². The molecule has 0 aromatic carbocycles. The van der Waals surface area contributed by atoms with Crippen LogP contribution in [0.3, 0.4) is 0 Å². The van der Waals surface area contributed by atoms with Crippen LogP contribution in [0.5, 0.6) is 0 Å². The van der Waals surface area contributed by atoms with Crippen LogP contribution in [0.25, 0.3) is 0 Å². The Hall–Kier alpha value is 0.160. The summed E-state index contributed by atoms with van der Waals surface area (Å²) in [5.74, 6) is 0.895. The standard InChI is InChI=1S/C9H13Br2NO2/c1-6(5-13-2)12-4-7-3-8(10)9(11)14-7/h3,6,12H,4-5H2,1-2H3. The van der Waals surface area contributed by atoms with Crippen molar-refractivity contribution in [3.05, 3.63) is 21.0 Å². The van der Waals surface area contributed by atoms with E-state index in [-0.39, 0.29) is 0 Å². The number of halogens is 2. The second-order valence-corrected chi connectivity index (χ2v) is 4.65. The second kappa shape index (κ2) is 5.90. The first-order chi connectivity index (χ1) is 6.63. The number of furan rings is 1. The molecule has 0 aliphatic rings. The molecule has 0 aliphatic heterocycles. The van der Waals surface area contributed by atoms with Crippen LogP contribution in [-0.2, 0) is 11.3 Å². The zero-order chi connectivity index (χ0) is 10.6. The first-order valence-electron chi connectivity index (χ1n) is 4.29. The summed E-state index contributed by atoms with van der Waals surface area (Å²) in [5.41, 5.74) is 0. The molecule has 0 saturated carbocycles. The average molecular weight is 327 g/mol. The largest absolute Gasteiger partial charge is 0.452 e. The minimum atomic E-state index is 0.322. The quantitative estimate of drug-likeness (QED) is 0.903. The average Bonchev–Trinajstić information content (AvgIpc) is 2.44. The molecule has 14 heavy (non-hydrogen) atoms. The van der Waals surface area contributed by atoms with Crippen molar-refractivity contribution in [3.8, 4) is 0 Å². The normalized spacial score (nSPS) is 13.1. The third kappa shape index (κ3) is 3.73. The van der Waals surface area contributed by atoms with Gasteiger partial charge >= 0.3 is 0 Å². The molecule has 0 bridgehead atoms. The van der Waals surface area contributed by atoms with Crippen molar-refractivity contribution in [2.24, 2.45) is 0 Å². The van der Waals surface area contributed by atoms with Gasteiger partial charge in [-0.05, 0) is 44.8 Å². The lowest BCUT2D eigenvalue weighted by atomic mass is 10.3. The number of ether oxygens (including phenoxy) is 1. The van der Waals surface area contributed by atoms with E-state index in [1.807, 2.05) is 6.07 Å². The van der Waals surface area contributed by atoms with Gasteiger partial charge in [-0.3, -0.25) is 0 Å². The Morgan fingerprint density at radius 2 is 2.29 bits per heavy atom. The number of rotatable bonds is 5. The van der Waals surface area contributed by atoms with E-state index in [1.165, 1.54) is 0 Å². The Kier molecular flexibility index (Phi) is 5.15. The number of nitrogens with one attached hydrogen (secondary N) is 1. The SMILES string of the molecule is COCC(C)NCc1cc(Br)c(Br)o1. The lowest BCUT2D eigenvalue weighted by Crippen LogP contribution is -2.29. The van der Waals surface area contributed by atoms with Gasteiger partial charge in [0.2, 0.25) is 0 Å². The highest BCUT2D eigenvalue weighted by molar-refractivity contribution is 9.13. The van der Waals surface area contributed by atoms with E-state index in [1.54, 1.807) is 7.11 Å². The maximum Gasteiger partial charge on any atom is 0.183 e. The van der Waals surface area contributed by atoms with Gasteiger partial charge < -0.3 is 14.5 Å². The van der Waals surface area contributed by atoms with Gasteiger partial charge in [0.05, 0.1) is 17.6 Å². The molecule has 1 N–H and O–H groups in total. The van der Waals surface area contributed by atoms with Crippen LogP contribution in [0.1, 0.15) is 12.7 Å². The minimum Gasteiger partial charge on any atom is -0.452 e. The zero-order valence-electron chi connectivity index (χ0n) is 8.14. The molecule has 1 aromatic rings. The zero-order valence-corrected chi connectivity index (χ0v) is 11.3. The fraction of sp³-hybridized carbons (Fsp3) is 0.556. The van der Waals surface area contributed by atoms with Gasteiger partial charge in [-0.25, -0.2) is 0 Å². The Balaban J connectivity index is 2.38. The highest BCUT2D eigenvalue weighted by Gasteiger charge is 2.07. The van der Waals surface area contributed by atoms with Crippen LogP contribution < -0.4 is 5.32 Å². The molecule has 1 aromatic heterocycles. The minimum absolute atomic E-state index is 0.322. The summed E-state index contributed by atoms with van der Waals surface area (Å²) in [5, 5.41) is 3.28. The van der Waals surface area contributed by atoms with Gasteiger partial charge in [-0.1, -0.05) is 0 Å². The van der Waals surface area contributed by atoms with Crippen LogP contribution >= 0.6 is 31.9 Å². The maximum atomic E-state index is 5.41.